The van der Waals surface area contributed by atoms with E-state index in [0.717, 1.165) is 36.9 Å². The van der Waals surface area contributed by atoms with Crippen molar-refractivity contribution in [2.45, 2.75) is 26.2 Å². The molecule has 0 aromatic heterocycles. The largest absolute Gasteiger partial charge is 0.494 e. The fraction of sp³-hybridized carbons (Fsp3) is 0.600. The standard InChI is InChI=1S/C15H24N2O/c1-13-4-2-9-17(12-13)10-3-11-18-15-7-5-14(16)6-8-15/h5-8,13H,2-4,9-12,16H2,1H3/t13-/m0/s1. The van der Waals surface area contributed by atoms with Crippen molar-refractivity contribution >= 4 is 5.69 Å². The Hall–Kier alpha value is -1.22. The fourth-order valence-electron chi connectivity index (χ4n) is 2.53. The van der Waals surface area contributed by atoms with E-state index in [1.807, 2.05) is 24.3 Å². The Labute approximate surface area is 110 Å². The van der Waals surface area contributed by atoms with Crippen LogP contribution in [0.1, 0.15) is 26.2 Å². The second-order valence-corrected chi connectivity index (χ2v) is 5.32. The zero-order valence-electron chi connectivity index (χ0n) is 11.3. The molecular weight excluding hydrogens is 224 g/mol. The number of nitrogen functional groups attached to an aromatic ring is 1. The van der Waals surface area contributed by atoms with Crippen LogP contribution in [0.3, 0.4) is 0 Å². The summed E-state index contributed by atoms with van der Waals surface area (Å²) >= 11 is 0. The molecule has 1 aliphatic heterocycles. The third-order valence-corrected chi connectivity index (χ3v) is 3.51. The highest BCUT2D eigenvalue weighted by molar-refractivity contribution is 5.41. The van der Waals surface area contributed by atoms with Crippen molar-refractivity contribution in [2.24, 2.45) is 5.92 Å². The van der Waals surface area contributed by atoms with Crippen molar-refractivity contribution in [2.75, 3.05) is 32.0 Å². The molecule has 0 unspecified atom stereocenters. The van der Waals surface area contributed by atoms with Crippen molar-refractivity contribution in [1.82, 2.24) is 4.90 Å². The molecule has 2 rings (SSSR count). The summed E-state index contributed by atoms with van der Waals surface area (Å²) in [6.45, 7) is 6.79. The summed E-state index contributed by atoms with van der Waals surface area (Å²) in [6, 6.07) is 7.61. The zero-order chi connectivity index (χ0) is 12.8. The van der Waals surface area contributed by atoms with Crippen LogP contribution in [0.15, 0.2) is 24.3 Å². The molecule has 1 aromatic rings. The van der Waals surface area contributed by atoms with Gasteiger partial charge in [-0.3, -0.25) is 0 Å². The van der Waals surface area contributed by atoms with Gasteiger partial charge in [0.1, 0.15) is 5.75 Å². The highest BCUT2D eigenvalue weighted by atomic mass is 16.5. The topological polar surface area (TPSA) is 38.5 Å². The summed E-state index contributed by atoms with van der Waals surface area (Å²) in [6.07, 6.45) is 3.83. The fourth-order valence-corrected chi connectivity index (χ4v) is 2.53. The van der Waals surface area contributed by atoms with Crippen LogP contribution >= 0.6 is 0 Å². The summed E-state index contributed by atoms with van der Waals surface area (Å²) < 4.78 is 5.70. The second-order valence-electron chi connectivity index (χ2n) is 5.32. The van der Waals surface area contributed by atoms with E-state index in [4.69, 9.17) is 10.5 Å². The molecule has 1 aliphatic rings. The van der Waals surface area contributed by atoms with E-state index in [1.54, 1.807) is 0 Å². The van der Waals surface area contributed by atoms with Crippen LogP contribution in [0.25, 0.3) is 0 Å². The molecule has 1 atom stereocenters. The minimum absolute atomic E-state index is 0.782. The van der Waals surface area contributed by atoms with Crippen molar-refractivity contribution < 1.29 is 4.74 Å². The first kappa shape index (κ1) is 13.2. The molecule has 0 radical (unpaired) electrons. The molecule has 1 fully saturated rings. The Kier molecular flexibility index (Phi) is 4.88. The lowest BCUT2D eigenvalue weighted by atomic mass is 10.0. The van der Waals surface area contributed by atoms with Crippen molar-refractivity contribution in [3.8, 4) is 5.75 Å². The number of hydrogen-bond acceptors (Lipinski definition) is 3. The van der Waals surface area contributed by atoms with E-state index < -0.39 is 0 Å². The minimum atomic E-state index is 0.782. The molecule has 1 heterocycles. The summed E-state index contributed by atoms with van der Waals surface area (Å²) in [5.74, 6) is 1.77. The first-order valence-corrected chi connectivity index (χ1v) is 6.95. The Morgan fingerprint density at radius 3 is 2.83 bits per heavy atom. The molecule has 3 nitrogen and oxygen atoms in total. The number of nitrogens with zero attached hydrogens (tertiary/aromatic N) is 1. The Morgan fingerprint density at radius 1 is 1.33 bits per heavy atom. The Bertz CT molecular complexity index is 350. The normalized spacial score (nSPS) is 20.8. The summed E-state index contributed by atoms with van der Waals surface area (Å²) in [7, 11) is 0. The van der Waals surface area contributed by atoms with E-state index in [9.17, 15) is 0 Å². The predicted octanol–water partition coefficient (Wildman–Crippen LogP) is 2.77. The molecule has 1 saturated heterocycles. The molecule has 0 saturated carbocycles. The van der Waals surface area contributed by atoms with E-state index >= 15 is 0 Å². The van der Waals surface area contributed by atoms with E-state index in [1.165, 1.54) is 25.9 Å². The van der Waals surface area contributed by atoms with Crippen LogP contribution in [0.2, 0.25) is 0 Å². The Morgan fingerprint density at radius 2 is 2.11 bits per heavy atom. The van der Waals surface area contributed by atoms with Gasteiger partial charge < -0.3 is 15.4 Å². The molecule has 0 spiro atoms. The highest BCUT2D eigenvalue weighted by Crippen LogP contribution is 2.16. The molecule has 18 heavy (non-hydrogen) atoms. The molecule has 0 aliphatic carbocycles. The number of anilines is 1. The van der Waals surface area contributed by atoms with Crippen LogP contribution in [-0.2, 0) is 0 Å². The lowest BCUT2D eigenvalue weighted by Crippen LogP contribution is -2.35. The van der Waals surface area contributed by atoms with Crippen molar-refractivity contribution in [3.63, 3.8) is 0 Å². The average molecular weight is 248 g/mol. The predicted molar refractivity (Wildman–Crippen MR) is 75.8 cm³/mol. The number of piperidine rings is 1. The van der Waals surface area contributed by atoms with Crippen LogP contribution in [-0.4, -0.2) is 31.1 Å². The lowest BCUT2D eigenvalue weighted by molar-refractivity contribution is 0.170. The third-order valence-electron chi connectivity index (χ3n) is 3.51. The van der Waals surface area contributed by atoms with Crippen LogP contribution < -0.4 is 10.5 Å². The van der Waals surface area contributed by atoms with Crippen molar-refractivity contribution in [1.29, 1.82) is 0 Å². The van der Waals surface area contributed by atoms with Gasteiger partial charge in [0, 0.05) is 18.8 Å². The lowest BCUT2D eigenvalue weighted by Gasteiger charge is -2.30. The molecular formula is C15H24N2O. The number of hydrogen-bond donors (Lipinski definition) is 1. The number of rotatable bonds is 5. The van der Waals surface area contributed by atoms with Gasteiger partial charge in [0.05, 0.1) is 6.61 Å². The van der Waals surface area contributed by atoms with Gasteiger partial charge in [0.25, 0.3) is 0 Å². The number of benzene rings is 1. The number of nitrogens with two attached hydrogens (primary N) is 1. The zero-order valence-corrected chi connectivity index (χ0v) is 11.3. The smallest absolute Gasteiger partial charge is 0.119 e. The molecule has 0 bridgehead atoms. The van der Waals surface area contributed by atoms with Crippen molar-refractivity contribution in [3.05, 3.63) is 24.3 Å². The maximum atomic E-state index is 5.70. The molecule has 3 heteroatoms. The van der Waals surface area contributed by atoms with Gasteiger partial charge in [-0.1, -0.05) is 6.92 Å². The van der Waals surface area contributed by atoms with Crippen LogP contribution in [0.5, 0.6) is 5.75 Å². The molecule has 2 N–H and O–H groups in total. The summed E-state index contributed by atoms with van der Waals surface area (Å²) in [5.41, 5.74) is 6.41. The summed E-state index contributed by atoms with van der Waals surface area (Å²) in [4.78, 5) is 2.56. The molecule has 1 aromatic carbocycles. The van der Waals surface area contributed by atoms with Gasteiger partial charge in [0.2, 0.25) is 0 Å². The number of ether oxygens (including phenoxy) is 1. The average Bonchev–Trinajstić information content (AvgIpc) is 2.37. The highest BCUT2D eigenvalue weighted by Gasteiger charge is 2.15. The van der Waals surface area contributed by atoms with Gasteiger partial charge in [-0.05, 0) is 56.0 Å². The van der Waals surface area contributed by atoms with E-state index in [-0.39, 0.29) is 0 Å². The molecule has 0 amide bonds. The van der Waals surface area contributed by atoms with Crippen LogP contribution in [0, 0.1) is 5.92 Å². The van der Waals surface area contributed by atoms with E-state index in [2.05, 4.69) is 11.8 Å². The SMILES string of the molecule is C[C@H]1CCCN(CCCOc2ccc(N)cc2)C1. The van der Waals surface area contributed by atoms with Gasteiger partial charge >= 0.3 is 0 Å². The quantitative estimate of drug-likeness (QED) is 0.643. The van der Waals surface area contributed by atoms with Gasteiger partial charge in [0.15, 0.2) is 0 Å². The monoisotopic (exact) mass is 248 g/mol. The van der Waals surface area contributed by atoms with E-state index in [0.29, 0.717) is 0 Å². The number of likely N-dealkylation sites (tertiary alicyclic amines) is 1. The first-order chi connectivity index (χ1) is 8.74. The van der Waals surface area contributed by atoms with Gasteiger partial charge in [-0.25, -0.2) is 0 Å². The molecule has 100 valence electrons. The van der Waals surface area contributed by atoms with Gasteiger partial charge in [-0.15, -0.1) is 0 Å². The van der Waals surface area contributed by atoms with Gasteiger partial charge in [-0.2, -0.15) is 0 Å². The summed E-state index contributed by atoms with van der Waals surface area (Å²) in [5, 5.41) is 0. The van der Waals surface area contributed by atoms with Crippen LogP contribution in [0.4, 0.5) is 5.69 Å². The Balaban J connectivity index is 1.62. The third kappa shape index (κ3) is 4.22. The first-order valence-electron chi connectivity index (χ1n) is 6.95. The maximum absolute atomic E-state index is 5.70. The maximum Gasteiger partial charge on any atom is 0.119 e. The second kappa shape index (κ2) is 6.64. The minimum Gasteiger partial charge on any atom is -0.494 e.